The number of likely N-dealkylation sites (N-methyl/N-ethyl adjacent to an activating group) is 1. The van der Waals surface area contributed by atoms with E-state index in [-0.39, 0.29) is 31.1 Å². The standard InChI is InChI=1S/C36H68NO7/c1-6-8-10-11-12-17-20-24-29-43-35(40)27-23-19-16-14-13-15-18-22-25-33(39)34(26-21-9-7-2)44-36(41)31-37(4,5)28-30-42-32(3)38/h18,22,33-34,39H,6-17,19-21,23-31H2,1-5H3/q+1. The molecule has 0 aliphatic rings. The van der Waals surface area contributed by atoms with Crippen molar-refractivity contribution < 1.29 is 38.2 Å². The smallest absolute Gasteiger partial charge is 0.362 e. The van der Waals surface area contributed by atoms with Crippen molar-refractivity contribution in [1.82, 2.24) is 0 Å². The van der Waals surface area contributed by atoms with E-state index in [1.54, 1.807) is 0 Å². The molecule has 0 bridgehead atoms. The summed E-state index contributed by atoms with van der Waals surface area (Å²) in [7, 11) is 3.78. The summed E-state index contributed by atoms with van der Waals surface area (Å²) in [6.07, 6.45) is 23.6. The number of ether oxygens (including phenoxy) is 3. The molecule has 0 heterocycles. The molecule has 0 fully saturated rings. The Morgan fingerprint density at radius 1 is 0.705 bits per heavy atom. The van der Waals surface area contributed by atoms with Gasteiger partial charge in [0.2, 0.25) is 0 Å². The molecule has 1 N–H and O–H groups in total. The molecule has 0 saturated heterocycles. The molecule has 0 aromatic rings. The van der Waals surface area contributed by atoms with Crippen molar-refractivity contribution in [3.63, 3.8) is 0 Å². The zero-order valence-electron chi connectivity index (χ0n) is 29.1. The van der Waals surface area contributed by atoms with Gasteiger partial charge in [0.1, 0.15) is 19.3 Å². The molecule has 8 nitrogen and oxygen atoms in total. The minimum Gasteiger partial charge on any atom is -0.466 e. The predicted molar refractivity (Wildman–Crippen MR) is 178 cm³/mol. The Morgan fingerprint density at radius 2 is 1.30 bits per heavy atom. The Labute approximate surface area is 269 Å². The van der Waals surface area contributed by atoms with Crippen molar-refractivity contribution in [3.05, 3.63) is 12.2 Å². The van der Waals surface area contributed by atoms with Gasteiger partial charge in [0.25, 0.3) is 0 Å². The third-order valence-electron chi connectivity index (χ3n) is 7.92. The van der Waals surface area contributed by atoms with E-state index in [4.69, 9.17) is 14.2 Å². The maximum Gasteiger partial charge on any atom is 0.362 e. The minimum absolute atomic E-state index is 0.0600. The van der Waals surface area contributed by atoms with Crippen LogP contribution in [0.2, 0.25) is 0 Å². The number of quaternary nitrogens is 1. The van der Waals surface area contributed by atoms with Crippen molar-refractivity contribution in [2.75, 3.05) is 40.4 Å². The largest absolute Gasteiger partial charge is 0.466 e. The number of hydrogen-bond donors (Lipinski definition) is 1. The highest BCUT2D eigenvalue weighted by atomic mass is 16.6. The lowest BCUT2D eigenvalue weighted by Crippen LogP contribution is -2.47. The fourth-order valence-corrected chi connectivity index (χ4v) is 5.06. The number of hydrogen-bond acceptors (Lipinski definition) is 7. The molecule has 0 aliphatic heterocycles. The number of aliphatic hydroxyl groups is 1. The predicted octanol–water partition coefficient (Wildman–Crippen LogP) is 7.84. The number of esters is 3. The second-order valence-electron chi connectivity index (χ2n) is 13.0. The van der Waals surface area contributed by atoms with Crippen LogP contribution in [0.15, 0.2) is 12.2 Å². The number of carbonyl (C=O) groups excluding carboxylic acids is 3. The molecule has 0 aliphatic carbocycles. The van der Waals surface area contributed by atoms with Crippen LogP contribution in [0, 0.1) is 0 Å². The van der Waals surface area contributed by atoms with Gasteiger partial charge in [0.05, 0.1) is 26.8 Å². The summed E-state index contributed by atoms with van der Waals surface area (Å²) >= 11 is 0. The molecular formula is C36H68NO7+. The van der Waals surface area contributed by atoms with Crippen molar-refractivity contribution in [2.45, 2.75) is 161 Å². The normalized spacial score (nSPS) is 13.1. The SMILES string of the molecule is CCCCCCCCCCOC(=O)CCCCCCCC=CCC(O)C(CCCCC)OC(=O)C[N+](C)(C)CCOC(C)=O. The average Bonchev–Trinajstić information content (AvgIpc) is 2.96. The number of allylic oxidation sites excluding steroid dienone is 1. The van der Waals surface area contributed by atoms with Crippen LogP contribution in [0.3, 0.4) is 0 Å². The number of carbonyl (C=O) groups is 3. The molecule has 0 aromatic carbocycles. The van der Waals surface area contributed by atoms with Gasteiger partial charge in [-0.25, -0.2) is 4.79 Å². The van der Waals surface area contributed by atoms with Gasteiger partial charge in [0.15, 0.2) is 6.54 Å². The van der Waals surface area contributed by atoms with Crippen LogP contribution in [0.5, 0.6) is 0 Å². The van der Waals surface area contributed by atoms with E-state index in [0.717, 1.165) is 70.6 Å². The van der Waals surface area contributed by atoms with Gasteiger partial charge >= 0.3 is 17.9 Å². The minimum atomic E-state index is -0.737. The van der Waals surface area contributed by atoms with Crippen LogP contribution in [0.1, 0.15) is 149 Å². The zero-order chi connectivity index (χ0) is 32.9. The Kier molecular flexibility index (Phi) is 27.3. The summed E-state index contributed by atoms with van der Waals surface area (Å²) in [4.78, 5) is 35.6. The molecule has 44 heavy (non-hydrogen) atoms. The van der Waals surface area contributed by atoms with E-state index in [1.807, 2.05) is 20.2 Å². The quantitative estimate of drug-likeness (QED) is 0.0285. The second kappa shape index (κ2) is 28.5. The highest BCUT2D eigenvalue weighted by Gasteiger charge is 2.27. The van der Waals surface area contributed by atoms with E-state index < -0.39 is 12.2 Å². The summed E-state index contributed by atoms with van der Waals surface area (Å²) in [5.41, 5.74) is 0. The molecule has 0 saturated carbocycles. The Bertz CT molecular complexity index is 753. The van der Waals surface area contributed by atoms with Crippen LogP contribution < -0.4 is 0 Å². The summed E-state index contributed by atoms with van der Waals surface area (Å²) in [6.45, 7) is 7.19. The summed E-state index contributed by atoms with van der Waals surface area (Å²) < 4.78 is 16.5. The van der Waals surface area contributed by atoms with Gasteiger partial charge < -0.3 is 23.8 Å². The molecule has 0 rings (SSSR count). The number of rotatable bonds is 30. The highest BCUT2D eigenvalue weighted by Crippen LogP contribution is 2.16. The molecule has 2 unspecified atom stereocenters. The molecule has 0 spiro atoms. The molecule has 0 aromatic heterocycles. The first kappa shape index (κ1) is 42.1. The molecule has 0 radical (unpaired) electrons. The number of nitrogens with zero attached hydrogens (tertiary/aromatic N) is 1. The monoisotopic (exact) mass is 626 g/mol. The van der Waals surface area contributed by atoms with E-state index in [1.165, 1.54) is 45.4 Å². The van der Waals surface area contributed by atoms with E-state index >= 15 is 0 Å². The van der Waals surface area contributed by atoms with Crippen molar-refractivity contribution in [1.29, 1.82) is 0 Å². The first-order chi connectivity index (χ1) is 21.1. The molecular weight excluding hydrogens is 558 g/mol. The Morgan fingerprint density at radius 3 is 1.95 bits per heavy atom. The van der Waals surface area contributed by atoms with Crippen LogP contribution in [0.25, 0.3) is 0 Å². The summed E-state index contributed by atoms with van der Waals surface area (Å²) in [6, 6.07) is 0. The van der Waals surface area contributed by atoms with Crippen molar-refractivity contribution in [2.24, 2.45) is 0 Å². The molecule has 258 valence electrons. The molecule has 8 heteroatoms. The number of aliphatic hydroxyl groups excluding tert-OH is 1. The molecule has 0 amide bonds. The lowest BCUT2D eigenvalue weighted by atomic mass is 10.0. The molecule has 2 atom stereocenters. The fourth-order valence-electron chi connectivity index (χ4n) is 5.06. The van der Waals surface area contributed by atoms with Crippen LogP contribution in [-0.4, -0.2) is 80.1 Å². The van der Waals surface area contributed by atoms with E-state index in [9.17, 15) is 19.5 Å². The van der Waals surface area contributed by atoms with Crippen LogP contribution in [0.4, 0.5) is 0 Å². The van der Waals surface area contributed by atoms with Crippen molar-refractivity contribution in [3.8, 4) is 0 Å². The number of unbranched alkanes of at least 4 members (excludes halogenated alkanes) is 14. The van der Waals surface area contributed by atoms with Gasteiger partial charge in [-0.05, 0) is 44.9 Å². The Balaban J connectivity index is 4.08. The maximum atomic E-state index is 12.7. The van der Waals surface area contributed by atoms with Gasteiger partial charge in [-0.2, -0.15) is 0 Å². The van der Waals surface area contributed by atoms with Gasteiger partial charge in [-0.15, -0.1) is 0 Å². The fraction of sp³-hybridized carbons (Fsp3) is 0.861. The van der Waals surface area contributed by atoms with Crippen LogP contribution >= 0.6 is 0 Å². The second-order valence-corrected chi connectivity index (χ2v) is 13.0. The summed E-state index contributed by atoms with van der Waals surface area (Å²) in [5, 5.41) is 10.8. The lowest BCUT2D eigenvalue weighted by Gasteiger charge is -2.30. The van der Waals surface area contributed by atoms with Gasteiger partial charge in [0, 0.05) is 13.3 Å². The summed E-state index contributed by atoms with van der Waals surface area (Å²) in [5.74, 6) is -0.743. The van der Waals surface area contributed by atoms with Crippen molar-refractivity contribution >= 4 is 17.9 Å². The zero-order valence-corrected chi connectivity index (χ0v) is 29.1. The third-order valence-corrected chi connectivity index (χ3v) is 7.92. The highest BCUT2D eigenvalue weighted by molar-refractivity contribution is 5.71. The maximum absolute atomic E-state index is 12.7. The first-order valence-corrected chi connectivity index (χ1v) is 17.7. The van der Waals surface area contributed by atoms with Crippen LogP contribution in [-0.2, 0) is 28.6 Å². The first-order valence-electron chi connectivity index (χ1n) is 17.7. The Hall–Kier alpha value is -1.93. The average molecular weight is 627 g/mol. The van der Waals surface area contributed by atoms with E-state index in [2.05, 4.69) is 19.9 Å². The van der Waals surface area contributed by atoms with Gasteiger partial charge in [-0.1, -0.05) is 103 Å². The third kappa shape index (κ3) is 27.6. The van der Waals surface area contributed by atoms with Gasteiger partial charge in [-0.3, -0.25) is 9.59 Å². The lowest BCUT2D eigenvalue weighted by molar-refractivity contribution is -0.883. The van der Waals surface area contributed by atoms with E-state index in [0.29, 0.717) is 36.9 Å². The topological polar surface area (TPSA) is 99.1 Å².